The maximum Gasteiger partial charge on any atom is 0.257 e. The van der Waals surface area contributed by atoms with E-state index in [9.17, 15) is 9.59 Å². The van der Waals surface area contributed by atoms with Gasteiger partial charge in [-0.15, -0.1) is 11.6 Å². The molecule has 1 aromatic rings. The molecular weight excluding hydrogens is 280 g/mol. The van der Waals surface area contributed by atoms with Gasteiger partial charge in [-0.1, -0.05) is 0 Å². The van der Waals surface area contributed by atoms with Crippen LogP contribution >= 0.6 is 11.6 Å². The minimum Gasteiger partial charge on any atom is -0.338 e. The smallest absolute Gasteiger partial charge is 0.257 e. The number of piperazine rings is 1. The molecule has 0 radical (unpaired) electrons. The number of amides is 2. The molecule has 0 N–H and O–H groups in total. The minimum absolute atomic E-state index is 0.0316. The van der Waals surface area contributed by atoms with Gasteiger partial charge in [-0.25, -0.2) is 0 Å². The summed E-state index contributed by atoms with van der Waals surface area (Å²) >= 11 is 5.82. The number of aryl methyl sites for hydroxylation is 1. The Labute approximate surface area is 123 Å². The van der Waals surface area contributed by atoms with Crippen LogP contribution in [0.25, 0.3) is 0 Å². The van der Waals surface area contributed by atoms with Gasteiger partial charge in [0.1, 0.15) is 5.38 Å². The van der Waals surface area contributed by atoms with E-state index in [-0.39, 0.29) is 17.9 Å². The summed E-state index contributed by atoms with van der Waals surface area (Å²) in [5.74, 6) is -0.122. The van der Waals surface area contributed by atoms with Gasteiger partial charge in [0.15, 0.2) is 0 Å². The van der Waals surface area contributed by atoms with Crippen molar-refractivity contribution in [2.24, 2.45) is 7.05 Å². The highest BCUT2D eigenvalue weighted by molar-refractivity contribution is 6.30. The Bertz CT molecular complexity index is 514. The van der Waals surface area contributed by atoms with E-state index in [4.69, 9.17) is 11.6 Å². The molecule has 2 heterocycles. The summed E-state index contributed by atoms with van der Waals surface area (Å²) in [5, 5.41) is 3.49. The van der Waals surface area contributed by atoms with Crippen molar-refractivity contribution in [1.82, 2.24) is 19.6 Å². The van der Waals surface area contributed by atoms with Gasteiger partial charge in [0.05, 0.1) is 11.8 Å². The first-order chi connectivity index (χ1) is 9.40. The molecule has 0 spiro atoms. The van der Waals surface area contributed by atoms with Crippen LogP contribution in [0.1, 0.15) is 24.2 Å². The molecule has 2 atom stereocenters. The second kappa shape index (κ2) is 5.83. The number of aromatic nitrogens is 2. The third-order valence-electron chi connectivity index (χ3n) is 3.49. The topological polar surface area (TPSA) is 58.4 Å². The average molecular weight is 299 g/mol. The predicted molar refractivity (Wildman–Crippen MR) is 75.6 cm³/mol. The van der Waals surface area contributed by atoms with E-state index >= 15 is 0 Å². The van der Waals surface area contributed by atoms with Crippen LogP contribution in [0.4, 0.5) is 0 Å². The van der Waals surface area contributed by atoms with E-state index in [1.807, 2.05) is 6.92 Å². The molecule has 2 amide bonds. The highest BCUT2D eigenvalue weighted by atomic mass is 35.5. The number of carbonyl (C=O) groups excluding carboxylic acids is 2. The van der Waals surface area contributed by atoms with Crippen LogP contribution < -0.4 is 0 Å². The fourth-order valence-corrected chi connectivity index (χ4v) is 2.55. The maximum absolute atomic E-state index is 12.4. The van der Waals surface area contributed by atoms with Gasteiger partial charge in [-0.2, -0.15) is 5.10 Å². The van der Waals surface area contributed by atoms with Crippen LogP contribution in [0.15, 0.2) is 12.4 Å². The first-order valence-electron chi connectivity index (χ1n) is 6.62. The molecule has 0 saturated carbocycles. The van der Waals surface area contributed by atoms with Crippen LogP contribution in [0.3, 0.4) is 0 Å². The molecule has 1 fully saturated rings. The molecule has 0 aliphatic carbocycles. The quantitative estimate of drug-likeness (QED) is 0.756. The van der Waals surface area contributed by atoms with Gasteiger partial charge >= 0.3 is 0 Å². The molecule has 1 aliphatic rings. The number of nitrogens with zero attached hydrogens (tertiary/aromatic N) is 4. The van der Waals surface area contributed by atoms with Crippen molar-refractivity contribution in [1.29, 1.82) is 0 Å². The summed E-state index contributed by atoms with van der Waals surface area (Å²) in [7, 11) is 1.78. The van der Waals surface area contributed by atoms with Crippen molar-refractivity contribution >= 4 is 23.4 Å². The number of hydrogen-bond donors (Lipinski definition) is 0. The lowest BCUT2D eigenvalue weighted by atomic mass is 10.1. The molecule has 1 unspecified atom stereocenters. The fraction of sp³-hybridized carbons (Fsp3) is 0.615. The van der Waals surface area contributed by atoms with Gasteiger partial charge in [-0.05, 0) is 13.8 Å². The molecule has 1 aliphatic heterocycles. The third-order valence-corrected chi connectivity index (χ3v) is 3.68. The Hall–Kier alpha value is -1.56. The standard InChI is InChI=1S/C13H19ClN4O2/c1-9-7-17(12(19)10(2)14)4-5-18(9)13(20)11-6-15-16(3)8-11/h6,8-10H,4-5,7H2,1-3H3/t9-,10?/m0/s1. The van der Waals surface area contributed by atoms with E-state index < -0.39 is 5.38 Å². The number of hydrogen-bond acceptors (Lipinski definition) is 3. The van der Waals surface area contributed by atoms with Crippen molar-refractivity contribution in [2.45, 2.75) is 25.3 Å². The zero-order valence-corrected chi connectivity index (χ0v) is 12.7. The predicted octanol–water partition coefficient (Wildman–Crippen LogP) is 0.720. The zero-order chi connectivity index (χ0) is 14.9. The van der Waals surface area contributed by atoms with Crippen molar-refractivity contribution in [3.05, 3.63) is 18.0 Å². The Kier molecular flexibility index (Phi) is 4.32. The first-order valence-corrected chi connectivity index (χ1v) is 7.06. The number of rotatable bonds is 2. The lowest BCUT2D eigenvalue weighted by molar-refractivity contribution is -0.132. The lowest BCUT2D eigenvalue weighted by Gasteiger charge is -2.40. The SMILES string of the molecule is CC(Cl)C(=O)N1CCN(C(=O)c2cnn(C)c2)[C@@H](C)C1. The molecule has 110 valence electrons. The van der Waals surface area contributed by atoms with E-state index in [0.717, 1.165) is 0 Å². The largest absolute Gasteiger partial charge is 0.338 e. The second-order valence-corrected chi connectivity index (χ2v) is 5.81. The number of alkyl halides is 1. The summed E-state index contributed by atoms with van der Waals surface area (Å²) in [6, 6.07) is -0.0316. The van der Waals surface area contributed by atoms with Crippen molar-refractivity contribution in [3.8, 4) is 0 Å². The van der Waals surface area contributed by atoms with Crippen LogP contribution in [0.5, 0.6) is 0 Å². The van der Waals surface area contributed by atoms with Gasteiger partial charge in [-0.3, -0.25) is 14.3 Å². The Balaban J connectivity index is 2.03. The van der Waals surface area contributed by atoms with E-state index in [2.05, 4.69) is 5.10 Å². The monoisotopic (exact) mass is 298 g/mol. The summed E-state index contributed by atoms with van der Waals surface area (Å²) < 4.78 is 1.60. The van der Waals surface area contributed by atoms with Crippen molar-refractivity contribution < 1.29 is 9.59 Å². The summed E-state index contributed by atoms with van der Waals surface area (Å²) in [4.78, 5) is 27.7. The van der Waals surface area contributed by atoms with E-state index in [1.165, 1.54) is 0 Å². The molecule has 2 rings (SSSR count). The Morgan fingerprint density at radius 1 is 1.45 bits per heavy atom. The molecule has 0 aromatic carbocycles. The van der Waals surface area contributed by atoms with Crippen LogP contribution in [0, 0.1) is 0 Å². The molecule has 20 heavy (non-hydrogen) atoms. The van der Waals surface area contributed by atoms with Gasteiger partial charge in [0, 0.05) is 38.9 Å². The normalized spacial score (nSPS) is 20.9. The highest BCUT2D eigenvalue weighted by Crippen LogP contribution is 2.15. The fourth-order valence-electron chi connectivity index (χ4n) is 2.41. The number of carbonyl (C=O) groups is 2. The zero-order valence-electron chi connectivity index (χ0n) is 11.9. The van der Waals surface area contributed by atoms with Crippen LogP contribution in [-0.4, -0.2) is 62.4 Å². The molecule has 0 bridgehead atoms. The summed E-state index contributed by atoms with van der Waals surface area (Å²) in [6.45, 7) is 5.16. The number of halogens is 1. The van der Waals surface area contributed by atoms with E-state index in [1.54, 1.807) is 40.8 Å². The summed E-state index contributed by atoms with van der Waals surface area (Å²) in [6.07, 6.45) is 3.26. The molecular formula is C13H19ClN4O2. The van der Waals surface area contributed by atoms with Crippen LogP contribution in [-0.2, 0) is 11.8 Å². The van der Waals surface area contributed by atoms with Gasteiger partial charge in [0.25, 0.3) is 5.91 Å². The van der Waals surface area contributed by atoms with Crippen molar-refractivity contribution in [3.63, 3.8) is 0 Å². The Morgan fingerprint density at radius 3 is 2.65 bits per heavy atom. The second-order valence-electron chi connectivity index (χ2n) is 5.15. The maximum atomic E-state index is 12.4. The van der Waals surface area contributed by atoms with Crippen molar-refractivity contribution in [2.75, 3.05) is 19.6 Å². The summed E-state index contributed by atoms with van der Waals surface area (Å²) in [5.41, 5.74) is 0.574. The highest BCUT2D eigenvalue weighted by Gasteiger charge is 2.31. The van der Waals surface area contributed by atoms with E-state index in [0.29, 0.717) is 25.2 Å². The molecule has 7 heteroatoms. The molecule has 1 aromatic heterocycles. The van der Waals surface area contributed by atoms with Crippen LogP contribution in [0.2, 0.25) is 0 Å². The molecule has 1 saturated heterocycles. The Morgan fingerprint density at radius 2 is 2.15 bits per heavy atom. The lowest BCUT2D eigenvalue weighted by Crippen LogP contribution is -2.56. The molecule has 6 nitrogen and oxygen atoms in total. The first kappa shape index (κ1) is 14.8. The average Bonchev–Trinajstić information content (AvgIpc) is 2.83. The van der Waals surface area contributed by atoms with Gasteiger partial charge in [0.2, 0.25) is 5.91 Å². The third kappa shape index (κ3) is 2.95. The minimum atomic E-state index is -0.525. The van der Waals surface area contributed by atoms with Gasteiger partial charge < -0.3 is 9.80 Å².